The molecule has 3 heterocycles. The Morgan fingerprint density at radius 3 is 2.53 bits per heavy atom. The summed E-state index contributed by atoms with van der Waals surface area (Å²) in [7, 11) is 1.84. The minimum atomic E-state index is -3.11. The van der Waals surface area contributed by atoms with Crippen LogP contribution in [0, 0.1) is 18.8 Å². The molecule has 36 heavy (non-hydrogen) atoms. The van der Waals surface area contributed by atoms with Crippen molar-refractivity contribution in [3.8, 4) is 0 Å². The molecule has 0 unspecified atom stereocenters. The predicted octanol–water partition coefficient (Wildman–Crippen LogP) is 6.92. The van der Waals surface area contributed by atoms with E-state index >= 15 is 0 Å². The maximum atomic E-state index is 14.3. The van der Waals surface area contributed by atoms with Gasteiger partial charge in [0.15, 0.2) is 0 Å². The van der Waals surface area contributed by atoms with Crippen LogP contribution < -0.4 is 0 Å². The van der Waals surface area contributed by atoms with Gasteiger partial charge in [0.05, 0.1) is 29.3 Å². The molecule has 0 saturated carbocycles. The van der Waals surface area contributed by atoms with E-state index in [1.807, 2.05) is 23.7 Å². The Morgan fingerprint density at radius 2 is 1.89 bits per heavy atom. The van der Waals surface area contributed by atoms with Crippen molar-refractivity contribution < 1.29 is 13.5 Å². The third-order valence-electron chi connectivity index (χ3n) is 7.87. The van der Waals surface area contributed by atoms with Crippen molar-refractivity contribution in [2.75, 3.05) is 26.3 Å². The van der Waals surface area contributed by atoms with Gasteiger partial charge in [0.2, 0.25) is 0 Å². The van der Waals surface area contributed by atoms with Gasteiger partial charge in [0, 0.05) is 36.5 Å². The van der Waals surface area contributed by atoms with Crippen molar-refractivity contribution in [3.05, 3.63) is 75.0 Å². The average molecular weight is 534 g/mol. The number of hydrogen-bond donors (Lipinski definition) is 0. The zero-order valence-corrected chi connectivity index (χ0v) is 22.2. The van der Waals surface area contributed by atoms with Crippen LogP contribution in [0.2, 0.25) is 10.0 Å². The number of benzene rings is 2. The van der Waals surface area contributed by atoms with Gasteiger partial charge < -0.3 is 9.30 Å². The molecule has 0 amide bonds. The van der Waals surface area contributed by atoms with Crippen molar-refractivity contribution in [3.63, 3.8) is 0 Å². The molecule has 8 heteroatoms. The van der Waals surface area contributed by atoms with Crippen LogP contribution in [0.3, 0.4) is 0 Å². The monoisotopic (exact) mass is 533 g/mol. The van der Waals surface area contributed by atoms with Crippen molar-refractivity contribution >= 4 is 34.2 Å². The Balaban J connectivity index is 1.38. The van der Waals surface area contributed by atoms with Gasteiger partial charge in [-0.15, -0.1) is 0 Å². The largest absolute Gasteiger partial charge is 0.381 e. The molecule has 0 radical (unpaired) electrons. The second-order valence-electron chi connectivity index (χ2n) is 10.2. The molecule has 1 aromatic heterocycles. The normalized spacial score (nSPS) is 18.1. The van der Waals surface area contributed by atoms with E-state index in [4.69, 9.17) is 32.9 Å². The summed E-state index contributed by atoms with van der Waals surface area (Å²) in [6.45, 7) is 9.78. The van der Waals surface area contributed by atoms with E-state index in [9.17, 15) is 8.78 Å². The Bertz CT molecular complexity index is 1290. The number of rotatable bonds is 7. The molecule has 3 aromatic rings. The Labute approximate surface area is 220 Å². The minimum absolute atomic E-state index is 0.0938. The van der Waals surface area contributed by atoms with Gasteiger partial charge in [-0.2, -0.15) is 8.78 Å². The summed E-state index contributed by atoms with van der Waals surface area (Å²) in [4.78, 5) is 7.23. The van der Waals surface area contributed by atoms with Gasteiger partial charge >= 0.3 is 0 Å². The molecule has 2 aromatic carbocycles. The average Bonchev–Trinajstić information content (AvgIpc) is 3.14. The van der Waals surface area contributed by atoms with Crippen LogP contribution >= 0.6 is 23.2 Å². The lowest BCUT2D eigenvalue weighted by atomic mass is 9.83. The molecule has 0 bridgehead atoms. The fraction of sp³-hybridized carbons (Fsp3) is 0.464. The van der Waals surface area contributed by atoms with Crippen LogP contribution in [0.4, 0.5) is 8.78 Å². The lowest BCUT2D eigenvalue weighted by Gasteiger charge is -2.39. The molecule has 4 nitrogen and oxygen atoms in total. The van der Waals surface area contributed by atoms with Crippen LogP contribution in [0.15, 0.2) is 36.9 Å². The number of ether oxygens (including phenoxy) is 1. The highest BCUT2D eigenvalue weighted by Crippen LogP contribution is 2.36. The second kappa shape index (κ2) is 10.1. The van der Waals surface area contributed by atoms with Crippen LogP contribution in [0.5, 0.6) is 0 Å². The fourth-order valence-electron chi connectivity index (χ4n) is 5.41. The molecule has 2 aliphatic rings. The number of piperidine rings is 1. The lowest BCUT2D eigenvalue weighted by Crippen LogP contribution is -2.41. The van der Waals surface area contributed by atoms with Gasteiger partial charge in [-0.25, -0.2) is 4.98 Å². The van der Waals surface area contributed by atoms with E-state index in [0.29, 0.717) is 39.1 Å². The number of aromatic nitrogens is 2. The molecular weight excluding hydrogens is 503 g/mol. The number of likely N-dealkylation sites (tertiary alicyclic amines) is 1. The van der Waals surface area contributed by atoms with Crippen molar-refractivity contribution in [1.82, 2.24) is 14.5 Å². The van der Waals surface area contributed by atoms with Gasteiger partial charge in [-0.3, -0.25) is 4.90 Å². The van der Waals surface area contributed by atoms with Crippen molar-refractivity contribution in [2.45, 2.75) is 38.7 Å². The quantitative estimate of drug-likeness (QED) is 0.309. The molecule has 0 atom stereocenters. The van der Waals surface area contributed by atoms with E-state index in [1.54, 1.807) is 6.92 Å². The summed E-state index contributed by atoms with van der Waals surface area (Å²) in [5, 5.41) is 1.23. The SMILES string of the molecule is C=CC(F)(F)c1cc(C)c2nc(Cc3c(Cl)ccc(CN4CCC(C5COC5)CC4)c3Cl)n(C)c2c1. The molecule has 0 aliphatic carbocycles. The number of nitrogens with zero attached hydrogens (tertiary/aromatic N) is 3. The highest BCUT2D eigenvalue weighted by atomic mass is 35.5. The first-order valence-electron chi connectivity index (χ1n) is 12.4. The molecule has 2 aliphatic heterocycles. The number of hydrogen-bond acceptors (Lipinski definition) is 3. The number of aryl methyl sites for hydroxylation is 2. The van der Waals surface area contributed by atoms with E-state index in [-0.39, 0.29) is 5.56 Å². The molecule has 2 saturated heterocycles. The zero-order valence-electron chi connectivity index (χ0n) is 20.7. The van der Waals surface area contributed by atoms with Crippen molar-refractivity contribution in [2.24, 2.45) is 18.9 Å². The first-order valence-corrected chi connectivity index (χ1v) is 13.2. The summed E-state index contributed by atoms with van der Waals surface area (Å²) in [5.41, 5.74) is 3.79. The van der Waals surface area contributed by atoms with Crippen LogP contribution in [-0.2, 0) is 30.7 Å². The highest BCUT2D eigenvalue weighted by Gasteiger charge is 2.32. The number of halogens is 4. The minimum Gasteiger partial charge on any atom is -0.381 e. The van der Waals surface area contributed by atoms with E-state index in [2.05, 4.69) is 11.5 Å². The molecule has 5 rings (SSSR count). The van der Waals surface area contributed by atoms with Crippen molar-refractivity contribution in [1.29, 1.82) is 0 Å². The standard InChI is InChI=1S/C28H31Cl2F2N3O/c1-4-28(31,32)21-11-17(2)27-24(12-21)34(3)25(33-27)13-22-23(29)6-5-19(26(22)30)14-35-9-7-18(8-10-35)20-15-36-16-20/h4-6,11-12,18,20H,1,7-10,13-16H2,2-3H3. The summed E-state index contributed by atoms with van der Waals surface area (Å²) in [6, 6.07) is 6.86. The Hall–Kier alpha value is -1.99. The summed E-state index contributed by atoms with van der Waals surface area (Å²) in [5.74, 6) is -0.894. The summed E-state index contributed by atoms with van der Waals surface area (Å²) in [6.07, 6.45) is 3.46. The molecule has 2 fully saturated rings. The number of allylic oxidation sites excluding steroid dienone is 1. The highest BCUT2D eigenvalue weighted by molar-refractivity contribution is 6.36. The Kier molecular flexibility index (Phi) is 7.16. The van der Waals surface area contributed by atoms with Gasteiger partial charge in [0.1, 0.15) is 5.82 Å². The van der Waals surface area contributed by atoms with E-state index < -0.39 is 5.92 Å². The van der Waals surface area contributed by atoms with E-state index in [0.717, 1.165) is 61.6 Å². The number of fused-ring (bicyclic) bond motifs is 1. The maximum Gasteiger partial charge on any atom is 0.291 e. The van der Waals surface area contributed by atoms with Crippen LogP contribution in [0.1, 0.15) is 40.9 Å². The molecular formula is C28H31Cl2F2N3O. The second-order valence-corrected chi connectivity index (χ2v) is 10.9. The fourth-order valence-corrected chi connectivity index (χ4v) is 5.98. The van der Waals surface area contributed by atoms with Crippen LogP contribution in [0.25, 0.3) is 11.0 Å². The van der Waals surface area contributed by atoms with E-state index in [1.165, 1.54) is 25.0 Å². The molecule has 192 valence electrons. The summed E-state index contributed by atoms with van der Waals surface area (Å²) >= 11 is 13.5. The third-order valence-corrected chi connectivity index (χ3v) is 8.69. The number of imidazole rings is 1. The Morgan fingerprint density at radius 1 is 1.17 bits per heavy atom. The first kappa shape index (κ1) is 25.7. The molecule has 0 spiro atoms. The van der Waals surface area contributed by atoms with Gasteiger partial charge in [-0.05, 0) is 79.7 Å². The number of alkyl halides is 2. The van der Waals surface area contributed by atoms with Crippen LogP contribution in [-0.4, -0.2) is 40.8 Å². The predicted molar refractivity (Wildman–Crippen MR) is 141 cm³/mol. The topological polar surface area (TPSA) is 30.3 Å². The summed E-state index contributed by atoms with van der Waals surface area (Å²) < 4.78 is 35.8. The van der Waals surface area contributed by atoms with Gasteiger partial charge in [0.25, 0.3) is 5.92 Å². The lowest BCUT2D eigenvalue weighted by molar-refractivity contribution is -0.0726. The van der Waals surface area contributed by atoms with Gasteiger partial charge in [-0.1, -0.05) is 35.8 Å². The zero-order chi connectivity index (χ0) is 25.6. The first-order chi connectivity index (χ1) is 17.2. The molecule has 0 N–H and O–H groups in total. The third kappa shape index (κ3) is 4.81. The smallest absolute Gasteiger partial charge is 0.291 e. The maximum absolute atomic E-state index is 14.3.